The van der Waals surface area contributed by atoms with Crippen LogP contribution in [0.3, 0.4) is 0 Å². The fraction of sp³-hybridized carbons (Fsp3) is 0.143. The van der Waals surface area contributed by atoms with E-state index < -0.39 is 0 Å². The predicted molar refractivity (Wildman–Crippen MR) is 111 cm³/mol. The number of amides is 1. The van der Waals surface area contributed by atoms with E-state index in [4.69, 9.17) is 21.1 Å². The van der Waals surface area contributed by atoms with Crippen molar-refractivity contribution in [3.05, 3.63) is 71.5 Å². The molecule has 1 heterocycles. The molecule has 3 aromatic rings. The number of carbonyl (C=O) groups excluding carboxylic acids is 1. The molecule has 0 bridgehead atoms. The first-order valence-corrected chi connectivity index (χ1v) is 9.06. The highest BCUT2D eigenvalue weighted by molar-refractivity contribution is 6.31. The molecular formula is C21H20ClN3O3. The van der Waals surface area contributed by atoms with Crippen molar-refractivity contribution in [3.63, 3.8) is 0 Å². The Hall–Kier alpha value is -3.25. The predicted octanol–water partition coefficient (Wildman–Crippen LogP) is 5.14. The Labute approximate surface area is 168 Å². The van der Waals surface area contributed by atoms with Crippen LogP contribution in [-0.4, -0.2) is 24.6 Å². The number of hydrogen-bond acceptors (Lipinski definition) is 5. The monoisotopic (exact) mass is 397 g/mol. The van der Waals surface area contributed by atoms with Gasteiger partial charge in [-0.1, -0.05) is 11.6 Å². The fourth-order valence-corrected chi connectivity index (χ4v) is 2.74. The molecule has 0 radical (unpaired) electrons. The minimum atomic E-state index is -0.265. The highest BCUT2D eigenvalue weighted by atomic mass is 35.5. The van der Waals surface area contributed by atoms with Gasteiger partial charge in [-0.25, -0.2) is 0 Å². The number of anilines is 3. The van der Waals surface area contributed by atoms with Crippen LogP contribution in [0.2, 0.25) is 5.02 Å². The molecule has 0 atom stereocenters. The molecule has 0 fully saturated rings. The normalized spacial score (nSPS) is 10.2. The number of benzene rings is 2. The maximum Gasteiger partial charge on any atom is 0.257 e. The number of pyridine rings is 1. The molecule has 0 aliphatic heterocycles. The molecule has 0 saturated carbocycles. The molecule has 2 aromatic carbocycles. The smallest absolute Gasteiger partial charge is 0.257 e. The van der Waals surface area contributed by atoms with Crippen LogP contribution in [0.25, 0.3) is 0 Å². The van der Waals surface area contributed by atoms with Crippen LogP contribution in [0.1, 0.15) is 17.3 Å². The first kappa shape index (κ1) is 19.5. The first-order valence-electron chi connectivity index (χ1n) is 8.69. The molecule has 7 heteroatoms. The zero-order chi connectivity index (χ0) is 19.9. The number of aromatic nitrogens is 1. The van der Waals surface area contributed by atoms with Crippen molar-refractivity contribution >= 4 is 34.6 Å². The second-order valence-corrected chi connectivity index (χ2v) is 6.28. The van der Waals surface area contributed by atoms with Gasteiger partial charge < -0.3 is 20.1 Å². The molecule has 0 saturated heterocycles. The quantitative estimate of drug-likeness (QED) is 0.577. The lowest BCUT2D eigenvalue weighted by molar-refractivity contribution is 0.102. The summed E-state index contributed by atoms with van der Waals surface area (Å²) in [5.41, 5.74) is 2.41. The van der Waals surface area contributed by atoms with Gasteiger partial charge in [0.25, 0.3) is 5.91 Å². The summed E-state index contributed by atoms with van der Waals surface area (Å²) >= 11 is 6.06. The molecular weight excluding hydrogens is 378 g/mol. The summed E-state index contributed by atoms with van der Waals surface area (Å²) in [6.45, 7) is 2.51. The van der Waals surface area contributed by atoms with E-state index in [2.05, 4.69) is 15.6 Å². The zero-order valence-corrected chi connectivity index (χ0v) is 16.3. The average Bonchev–Trinajstić information content (AvgIpc) is 2.70. The molecule has 1 amide bonds. The van der Waals surface area contributed by atoms with E-state index in [0.29, 0.717) is 40.0 Å². The van der Waals surface area contributed by atoms with Gasteiger partial charge in [0.15, 0.2) is 0 Å². The van der Waals surface area contributed by atoms with Crippen molar-refractivity contribution in [2.75, 3.05) is 24.4 Å². The lowest BCUT2D eigenvalue weighted by atomic mass is 10.2. The maximum absolute atomic E-state index is 12.6. The fourth-order valence-electron chi connectivity index (χ4n) is 2.57. The Bertz CT molecular complexity index is 961. The molecule has 0 aliphatic carbocycles. The van der Waals surface area contributed by atoms with Gasteiger partial charge in [-0.2, -0.15) is 0 Å². The number of rotatable bonds is 7. The third-order valence-electron chi connectivity index (χ3n) is 3.86. The van der Waals surface area contributed by atoms with E-state index in [1.807, 2.05) is 6.92 Å². The van der Waals surface area contributed by atoms with Gasteiger partial charge in [0.05, 0.1) is 36.9 Å². The molecule has 0 spiro atoms. The highest BCUT2D eigenvalue weighted by Gasteiger charge is 2.10. The molecule has 1 aromatic heterocycles. The summed E-state index contributed by atoms with van der Waals surface area (Å²) in [6, 6.07) is 14.1. The number of nitrogens with one attached hydrogen (secondary N) is 2. The van der Waals surface area contributed by atoms with Crippen molar-refractivity contribution in [1.29, 1.82) is 0 Å². The van der Waals surface area contributed by atoms with Crippen LogP contribution in [0.15, 0.2) is 60.9 Å². The number of nitrogens with zero attached hydrogens (tertiary/aromatic N) is 1. The van der Waals surface area contributed by atoms with E-state index in [1.165, 1.54) is 6.20 Å². The number of methoxy groups -OCH3 is 1. The number of hydrogen-bond donors (Lipinski definition) is 2. The van der Waals surface area contributed by atoms with Crippen molar-refractivity contribution in [2.24, 2.45) is 0 Å². The van der Waals surface area contributed by atoms with Crippen LogP contribution in [0.4, 0.5) is 17.1 Å². The van der Waals surface area contributed by atoms with Crippen molar-refractivity contribution in [1.82, 2.24) is 4.98 Å². The van der Waals surface area contributed by atoms with Crippen molar-refractivity contribution in [3.8, 4) is 11.5 Å². The van der Waals surface area contributed by atoms with Gasteiger partial charge in [0, 0.05) is 16.9 Å². The lowest BCUT2D eigenvalue weighted by Crippen LogP contribution is -2.12. The Morgan fingerprint density at radius 2 is 1.86 bits per heavy atom. The summed E-state index contributed by atoms with van der Waals surface area (Å²) in [7, 11) is 1.58. The van der Waals surface area contributed by atoms with E-state index in [-0.39, 0.29) is 5.91 Å². The van der Waals surface area contributed by atoms with Crippen LogP contribution in [0, 0.1) is 0 Å². The largest absolute Gasteiger partial charge is 0.495 e. The van der Waals surface area contributed by atoms with E-state index in [1.54, 1.807) is 61.8 Å². The van der Waals surface area contributed by atoms with Gasteiger partial charge in [-0.05, 0) is 55.5 Å². The first-order chi connectivity index (χ1) is 13.6. The molecule has 2 N–H and O–H groups in total. The Kier molecular flexibility index (Phi) is 6.34. The van der Waals surface area contributed by atoms with Gasteiger partial charge in [0.1, 0.15) is 11.5 Å². The third kappa shape index (κ3) is 4.92. The Morgan fingerprint density at radius 3 is 2.57 bits per heavy atom. The second-order valence-electron chi connectivity index (χ2n) is 5.84. The Morgan fingerprint density at radius 1 is 1.07 bits per heavy atom. The number of halogens is 1. The highest BCUT2D eigenvalue weighted by Crippen LogP contribution is 2.30. The van der Waals surface area contributed by atoms with Gasteiger partial charge in [-0.3, -0.25) is 9.78 Å². The zero-order valence-electron chi connectivity index (χ0n) is 15.5. The van der Waals surface area contributed by atoms with Crippen molar-refractivity contribution in [2.45, 2.75) is 6.92 Å². The minimum absolute atomic E-state index is 0.265. The SMILES string of the molecule is CCOc1ccc(NC(=O)c2cncc(Nc3cc(Cl)ccc3OC)c2)cc1. The minimum Gasteiger partial charge on any atom is -0.495 e. The van der Waals surface area contributed by atoms with Crippen LogP contribution in [0.5, 0.6) is 11.5 Å². The summed E-state index contributed by atoms with van der Waals surface area (Å²) in [4.78, 5) is 16.7. The van der Waals surface area contributed by atoms with Gasteiger partial charge in [0.2, 0.25) is 0 Å². The van der Waals surface area contributed by atoms with Gasteiger partial charge >= 0.3 is 0 Å². The molecule has 144 valence electrons. The number of ether oxygens (including phenoxy) is 2. The molecule has 0 aliphatic rings. The maximum atomic E-state index is 12.6. The molecule has 28 heavy (non-hydrogen) atoms. The topological polar surface area (TPSA) is 72.5 Å². The van der Waals surface area contributed by atoms with Crippen LogP contribution in [-0.2, 0) is 0 Å². The summed E-state index contributed by atoms with van der Waals surface area (Å²) in [5, 5.41) is 6.59. The third-order valence-corrected chi connectivity index (χ3v) is 4.10. The number of carbonyl (C=O) groups is 1. The van der Waals surface area contributed by atoms with Crippen LogP contribution >= 0.6 is 11.6 Å². The average molecular weight is 398 g/mol. The second kappa shape index (κ2) is 9.10. The molecule has 3 rings (SSSR count). The summed E-state index contributed by atoms with van der Waals surface area (Å²) in [5.74, 6) is 1.12. The van der Waals surface area contributed by atoms with Gasteiger partial charge in [-0.15, -0.1) is 0 Å². The summed E-state index contributed by atoms with van der Waals surface area (Å²) in [6.07, 6.45) is 3.12. The van der Waals surface area contributed by atoms with Crippen LogP contribution < -0.4 is 20.1 Å². The lowest BCUT2D eigenvalue weighted by Gasteiger charge is -2.12. The van der Waals surface area contributed by atoms with E-state index >= 15 is 0 Å². The standard InChI is InChI=1S/C21H20ClN3O3/c1-3-28-18-7-5-16(6-8-18)25-21(26)14-10-17(13-23-12-14)24-19-11-15(22)4-9-20(19)27-2/h4-13,24H,3H2,1-2H3,(H,25,26). The van der Waals surface area contributed by atoms with E-state index in [0.717, 1.165) is 5.75 Å². The summed E-state index contributed by atoms with van der Waals surface area (Å²) < 4.78 is 10.7. The Balaban J connectivity index is 1.73. The molecule has 6 nitrogen and oxygen atoms in total. The molecule has 0 unspecified atom stereocenters. The van der Waals surface area contributed by atoms with E-state index in [9.17, 15) is 4.79 Å². The van der Waals surface area contributed by atoms with Crippen molar-refractivity contribution < 1.29 is 14.3 Å².